The van der Waals surface area contributed by atoms with Crippen molar-refractivity contribution in [2.24, 2.45) is 0 Å². The topological polar surface area (TPSA) is 52.4 Å². The molecule has 1 rings (SSSR count). The van der Waals surface area contributed by atoms with Gasteiger partial charge in [0.2, 0.25) is 5.70 Å². The van der Waals surface area contributed by atoms with Crippen LogP contribution >= 0.6 is 0 Å². The van der Waals surface area contributed by atoms with E-state index in [1.54, 1.807) is 6.08 Å². The largest absolute Gasteiger partial charge is 0.494 e. The summed E-state index contributed by atoms with van der Waals surface area (Å²) < 4.78 is 5.64. The van der Waals surface area contributed by atoms with E-state index in [4.69, 9.17) is 4.74 Å². The standard InChI is InChI=1S/C16H23NO3/c1-3-4-5-6-7-12-20-16-10-8-15(9-11-16)13-14(2)17(18)19/h8-11,13H,3-7,12H2,1-2H3/b14-13+. The quantitative estimate of drug-likeness (QED) is 0.374. The number of allylic oxidation sites excluding steroid dienone is 1. The Hall–Kier alpha value is -1.84. The van der Waals surface area contributed by atoms with Crippen LogP contribution in [0.1, 0.15) is 51.5 Å². The third kappa shape index (κ3) is 6.36. The Morgan fingerprint density at radius 3 is 2.45 bits per heavy atom. The van der Waals surface area contributed by atoms with E-state index in [1.807, 2.05) is 24.3 Å². The third-order valence-corrected chi connectivity index (χ3v) is 3.06. The van der Waals surface area contributed by atoms with Gasteiger partial charge in [0.05, 0.1) is 11.5 Å². The fraction of sp³-hybridized carbons (Fsp3) is 0.500. The van der Waals surface area contributed by atoms with Crippen molar-refractivity contribution in [1.82, 2.24) is 0 Å². The maximum absolute atomic E-state index is 10.5. The average Bonchev–Trinajstić information content (AvgIpc) is 2.44. The molecular formula is C16H23NO3. The molecule has 4 heteroatoms. The normalized spacial score (nSPS) is 11.4. The molecule has 0 aromatic heterocycles. The number of nitrogens with zero attached hydrogens (tertiary/aromatic N) is 1. The van der Waals surface area contributed by atoms with E-state index in [0.29, 0.717) is 0 Å². The molecule has 0 atom stereocenters. The van der Waals surface area contributed by atoms with Crippen molar-refractivity contribution in [2.45, 2.75) is 46.0 Å². The van der Waals surface area contributed by atoms with Gasteiger partial charge >= 0.3 is 0 Å². The molecule has 1 aromatic carbocycles. The smallest absolute Gasteiger partial charge is 0.243 e. The molecule has 4 nitrogen and oxygen atoms in total. The number of rotatable bonds is 9. The zero-order chi connectivity index (χ0) is 14.8. The molecule has 0 spiro atoms. The number of hydrogen-bond donors (Lipinski definition) is 0. The van der Waals surface area contributed by atoms with E-state index >= 15 is 0 Å². The van der Waals surface area contributed by atoms with Gasteiger partial charge in [-0.3, -0.25) is 10.1 Å². The highest BCUT2D eigenvalue weighted by Crippen LogP contribution is 2.15. The number of unbranched alkanes of at least 4 members (excludes halogenated alkanes) is 4. The van der Waals surface area contributed by atoms with Crippen LogP contribution in [0.15, 0.2) is 30.0 Å². The van der Waals surface area contributed by atoms with Crippen LogP contribution in [-0.4, -0.2) is 11.5 Å². The fourth-order valence-electron chi connectivity index (χ4n) is 1.85. The van der Waals surface area contributed by atoms with Gasteiger partial charge in [-0.25, -0.2) is 0 Å². The molecule has 0 heterocycles. The molecule has 0 aliphatic carbocycles. The van der Waals surface area contributed by atoms with Gasteiger partial charge in [0.15, 0.2) is 0 Å². The minimum absolute atomic E-state index is 0.134. The van der Waals surface area contributed by atoms with Gasteiger partial charge < -0.3 is 4.74 Å². The number of ether oxygens (including phenoxy) is 1. The Morgan fingerprint density at radius 1 is 1.20 bits per heavy atom. The van der Waals surface area contributed by atoms with Crippen molar-refractivity contribution in [3.05, 3.63) is 45.6 Å². The lowest BCUT2D eigenvalue weighted by Gasteiger charge is -2.06. The first kappa shape index (κ1) is 16.2. The molecule has 0 unspecified atom stereocenters. The predicted octanol–water partition coefficient (Wildman–Crippen LogP) is 4.67. The van der Waals surface area contributed by atoms with E-state index in [1.165, 1.54) is 32.6 Å². The van der Waals surface area contributed by atoms with E-state index < -0.39 is 0 Å². The van der Waals surface area contributed by atoms with E-state index in [9.17, 15) is 10.1 Å². The van der Waals surface area contributed by atoms with Gasteiger partial charge in [-0.15, -0.1) is 0 Å². The van der Waals surface area contributed by atoms with Crippen LogP contribution in [-0.2, 0) is 0 Å². The Morgan fingerprint density at radius 2 is 1.85 bits per heavy atom. The second-order valence-corrected chi connectivity index (χ2v) is 4.87. The Balaban J connectivity index is 2.35. The van der Waals surface area contributed by atoms with E-state index in [-0.39, 0.29) is 10.6 Å². The first-order valence-corrected chi connectivity index (χ1v) is 7.19. The molecule has 0 saturated carbocycles. The first-order valence-electron chi connectivity index (χ1n) is 7.19. The third-order valence-electron chi connectivity index (χ3n) is 3.06. The van der Waals surface area contributed by atoms with Crippen molar-refractivity contribution in [2.75, 3.05) is 6.61 Å². The molecule has 110 valence electrons. The molecule has 1 aromatic rings. The molecule has 0 amide bonds. The molecule has 0 fully saturated rings. The SMILES string of the molecule is CCCCCCCOc1ccc(/C=C(\C)[N+](=O)[O-])cc1. The summed E-state index contributed by atoms with van der Waals surface area (Å²) in [5.41, 5.74) is 0.948. The molecule has 0 aliphatic rings. The number of hydrogen-bond acceptors (Lipinski definition) is 3. The summed E-state index contributed by atoms with van der Waals surface area (Å²) in [5, 5.41) is 10.5. The van der Waals surface area contributed by atoms with Crippen LogP contribution in [0.2, 0.25) is 0 Å². The minimum Gasteiger partial charge on any atom is -0.494 e. The molecular weight excluding hydrogens is 254 g/mol. The monoisotopic (exact) mass is 277 g/mol. The predicted molar refractivity (Wildman–Crippen MR) is 81.3 cm³/mol. The Kier molecular flexibility index (Phi) is 7.40. The zero-order valence-electron chi connectivity index (χ0n) is 12.3. The van der Waals surface area contributed by atoms with Gasteiger partial charge in [-0.1, -0.05) is 44.7 Å². The van der Waals surface area contributed by atoms with Gasteiger partial charge in [0.1, 0.15) is 5.75 Å². The van der Waals surface area contributed by atoms with Crippen molar-refractivity contribution >= 4 is 6.08 Å². The van der Waals surface area contributed by atoms with E-state index in [0.717, 1.165) is 24.3 Å². The van der Waals surface area contributed by atoms with Crippen LogP contribution in [0.25, 0.3) is 6.08 Å². The van der Waals surface area contributed by atoms with Crippen LogP contribution in [0.5, 0.6) is 5.75 Å². The highest BCUT2D eigenvalue weighted by molar-refractivity contribution is 5.51. The van der Waals surface area contributed by atoms with Crippen molar-refractivity contribution in [3.8, 4) is 5.75 Å². The van der Waals surface area contributed by atoms with Crippen molar-refractivity contribution in [1.29, 1.82) is 0 Å². The lowest BCUT2D eigenvalue weighted by molar-refractivity contribution is -0.422. The highest BCUT2D eigenvalue weighted by Gasteiger charge is 2.02. The summed E-state index contributed by atoms with van der Waals surface area (Å²) in [6, 6.07) is 7.37. The number of benzene rings is 1. The second-order valence-electron chi connectivity index (χ2n) is 4.87. The molecule has 0 saturated heterocycles. The highest BCUT2D eigenvalue weighted by atomic mass is 16.6. The van der Waals surface area contributed by atoms with Gasteiger partial charge in [0.25, 0.3) is 0 Å². The van der Waals surface area contributed by atoms with Crippen molar-refractivity contribution in [3.63, 3.8) is 0 Å². The average molecular weight is 277 g/mol. The lowest BCUT2D eigenvalue weighted by atomic mass is 10.1. The summed E-state index contributed by atoms with van der Waals surface area (Å²) in [6.07, 6.45) is 7.63. The van der Waals surface area contributed by atoms with Gasteiger partial charge in [-0.05, 0) is 24.1 Å². The van der Waals surface area contributed by atoms with Crippen molar-refractivity contribution < 1.29 is 9.66 Å². The van der Waals surface area contributed by atoms with Crippen LogP contribution in [0.3, 0.4) is 0 Å². The fourth-order valence-corrected chi connectivity index (χ4v) is 1.85. The van der Waals surface area contributed by atoms with E-state index in [2.05, 4.69) is 6.92 Å². The second kappa shape index (κ2) is 9.13. The van der Waals surface area contributed by atoms with Crippen LogP contribution < -0.4 is 4.74 Å². The molecule has 0 bridgehead atoms. The van der Waals surface area contributed by atoms with Crippen LogP contribution in [0, 0.1) is 10.1 Å². The maximum atomic E-state index is 10.5. The summed E-state index contributed by atoms with van der Waals surface area (Å²) in [6.45, 7) is 4.42. The van der Waals surface area contributed by atoms with Gasteiger partial charge in [-0.2, -0.15) is 0 Å². The Bertz CT molecular complexity index is 438. The van der Waals surface area contributed by atoms with Gasteiger partial charge in [0, 0.05) is 13.0 Å². The summed E-state index contributed by atoms with van der Waals surface area (Å²) in [4.78, 5) is 10.1. The summed E-state index contributed by atoms with van der Waals surface area (Å²) in [5.74, 6) is 0.816. The lowest BCUT2D eigenvalue weighted by Crippen LogP contribution is -1.97. The number of nitro groups is 1. The molecule has 20 heavy (non-hydrogen) atoms. The zero-order valence-corrected chi connectivity index (χ0v) is 12.3. The summed E-state index contributed by atoms with van der Waals surface area (Å²) >= 11 is 0. The summed E-state index contributed by atoms with van der Waals surface area (Å²) in [7, 11) is 0. The molecule has 0 N–H and O–H groups in total. The molecule has 0 aliphatic heterocycles. The Labute approximate surface area is 120 Å². The molecule has 0 radical (unpaired) electrons. The first-order chi connectivity index (χ1) is 9.63. The minimum atomic E-state index is -0.388. The maximum Gasteiger partial charge on any atom is 0.243 e. The van der Waals surface area contributed by atoms with Crippen LogP contribution in [0.4, 0.5) is 0 Å².